The lowest BCUT2D eigenvalue weighted by molar-refractivity contribution is -0.384. The van der Waals surface area contributed by atoms with Gasteiger partial charge in [0, 0.05) is 12.1 Å². The van der Waals surface area contributed by atoms with Crippen LogP contribution in [0.2, 0.25) is 0 Å². The van der Waals surface area contributed by atoms with Crippen LogP contribution in [-0.2, 0) is 0 Å². The van der Waals surface area contributed by atoms with Crippen molar-refractivity contribution in [1.82, 2.24) is 0 Å². The lowest BCUT2D eigenvalue weighted by atomic mass is 10.1. The molecule has 0 aliphatic heterocycles. The number of halogens is 1. The number of nitro benzene ring substituents is 1. The summed E-state index contributed by atoms with van der Waals surface area (Å²) in [5.74, 6) is 0. The molecule has 0 fully saturated rings. The van der Waals surface area contributed by atoms with Gasteiger partial charge in [0.05, 0.1) is 11.0 Å². The third-order valence-corrected chi connectivity index (χ3v) is 2.22. The number of hydrogen-bond acceptors (Lipinski definition) is 3. The molecule has 0 aliphatic carbocycles. The van der Waals surface area contributed by atoms with Crippen molar-refractivity contribution in [2.24, 2.45) is 0 Å². The number of nitro groups is 1. The van der Waals surface area contributed by atoms with Crippen LogP contribution in [0.15, 0.2) is 24.3 Å². The third-order valence-electron chi connectivity index (χ3n) is 1.49. The van der Waals surface area contributed by atoms with Gasteiger partial charge in [-0.15, -0.1) is 0 Å². The van der Waals surface area contributed by atoms with Crippen LogP contribution in [0.1, 0.15) is 10.4 Å². The van der Waals surface area contributed by atoms with Gasteiger partial charge in [-0.25, -0.2) is 0 Å². The van der Waals surface area contributed by atoms with Crippen LogP contribution in [0.3, 0.4) is 0 Å². The quantitative estimate of drug-likeness (QED) is 0.454. The fourth-order valence-electron chi connectivity index (χ4n) is 0.871. The van der Waals surface area contributed by atoms with Gasteiger partial charge in [0.25, 0.3) is 5.69 Å². The number of nitrogens with zero attached hydrogens (tertiary/aromatic N) is 2. The van der Waals surface area contributed by atoms with Crippen molar-refractivity contribution in [1.29, 1.82) is 5.26 Å². The van der Waals surface area contributed by atoms with Crippen LogP contribution in [0.5, 0.6) is 0 Å². The Balaban J connectivity index is 3.07. The van der Waals surface area contributed by atoms with Crippen LogP contribution < -0.4 is 0 Å². The summed E-state index contributed by atoms with van der Waals surface area (Å²) in [7, 11) is 0. The Labute approximate surface area is 83.1 Å². The molecule has 0 aliphatic rings. The average Bonchev–Trinajstić information content (AvgIpc) is 2.17. The summed E-state index contributed by atoms with van der Waals surface area (Å²) in [6.45, 7) is 0. The first kappa shape index (κ1) is 9.68. The van der Waals surface area contributed by atoms with E-state index in [1.807, 2.05) is 6.07 Å². The van der Waals surface area contributed by atoms with Gasteiger partial charge in [-0.1, -0.05) is 28.1 Å². The van der Waals surface area contributed by atoms with Crippen LogP contribution >= 0.6 is 15.9 Å². The molecule has 1 aromatic rings. The van der Waals surface area contributed by atoms with Crippen LogP contribution in [0, 0.1) is 21.4 Å². The van der Waals surface area contributed by atoms with Gasteiger partial charge < -0.3 is 0 Å². The normalized spacial score (nSPS) is 11.7. The SMILES string of the molecule is N#CC(Br)c1cccc([N+](=O)[O-])c1. The van der Waals surface area contributed by atoms with E-state index < -0.39 is 9.75 Å². The van der Waals surface area contributed by atoms with Gasteiger partial charge >= 0.3 is 0 Å². The molecule has 1 atom stereocenters. The average molecular weight is 241 g/mol. The van der Waals surface area contributed by atoms with E-state index in [1.54, 1.807) is 12.1 Å². The van der Waals surface area contributed by atoms with Gasteiger partial charge in [-0.05, 0) is 5.56 Å². The van der Waals surface area contributed by atoms with Crippen molar-refractivity contribution in [2.75, 3.05) is 0 Å². The van der Waals surface area contributed by atoms with E-state index in [1.165, 1.54) is 12.1 Å². The zero-order valence-corrected chi connectivity index (χ0v) is 8.06. The van der Waals surface area contributed by atoms with E-state index >= 15 is 0 Å². The Morgan fingerprint density at radius 1 is 1.62 bits per heavy atom. The van der Waals surface area contributed by atoms with Crippen molar-refractivity contribution in [3.63, 3.8) is 0 Å². The topological polar surface area (TPSA) is 66.9 Å². The number of rotatable bonds is 2. The first-order chi connectivity index (χ1) is 6.15. The molecule has 0 aromatic heterocycles. The first-order valence-electron chi connectivity index (χ1n) is 3.43. The highest BCUT2D eigenvalue weighted by atomic mass is 79.9. The standard InChI is InChI=1S/C8H5BrN2O2/c9-8(5-10)6-2-1-3-7(4-6)11(12)13/h1-4,8H. The Kier molecular flexibility index (Phi) is 2.98. The summed E-state index contributed by atoms with van der Waals surface area (Å²) in [6.07, 6.45) is 0. The Bertz CT molecular complexity index is 373. The molecule has 0 N–H and O–H groups in total. The zero-order chi connectivity index (χ0) is 9.84. The molecular formula is C8H5BrN2O2. The van der Waals surface area contributed by atoms with Gasteiger partial charge in [-0.3, -0.25) is 10.1 Å². The third kappa shape index (κ3) is 2.26. The number of benzene rings is 1. The molecule has 0 heterocycles. The second-order valence-corrected chi connectivity index (χ2v) is 3.26. The highest BCUT2D eigenvalue weighted by Crippen LogP contribution is 2.24. The maximum atomic E-state index is 10.4. The van der Waals surface area contributed by atoms with Crippen LogP contribution in [0.4, 0.5) is 5.69 Å². The van der Waals surface area contributed by atoms with Crippen molar-refractivity contribution in [3.8, 4) is 6.07 Å². The summed E-state index contributed by atoms with van der Waals surface area (Å²) in [4.78, 5) is 9.39. The van der Waals surface area contributed by atoms with Gasteiger partial charge in [0.2, 0.25) is 0 Å². The molecule has 0 saturated carbocycles. The second-order valence-electron chi connectivity index (χ2n) is 2.34. The Hall–Kier alpha value is -1.41. The molecule has 13 heavy (non-hydrogen) atoms. The predicted octanol–water partition coefficient (Wildman–Crippen LogP) is 2.55. The number of non-ortho nitro benzene ring substituents is 1. The molecule has 0 saturated heterocycles. The minimum absolute atomic E-state index is 0.00259. The molecule has 0 amide bonds. The molecule has 0 radical (unpaired) electrons. The van der Waals surface area contributed by atoms with Crippen molar-refractivity contribution < 1.29 is 4.92 Å². The van der Waals surface area contributed by atoms with Crippen molar-refractivity contribution in [3.05, 3.63) is 39.9 Å². The summed E-state index contributed by atoms with van der Waals surface area (Å²) in [5, 5.41) is 18.9. The van der Waals surface area contributed by atoms with E-state index in [2.05, 4.69) is 15.9 Å². The summed E-state index contributed by atoms with van der Waals surface area (Å²) < 4.78 is 0. The molecular weight excluding hydrogens is 236 g/mol. The Morgan fingerprint density at radius 2 is 2.31 bits per heavy atom. The molecule has 66 valence electrons. The monoisotopic (exact) mass is 240 g/mol. The van der Waals surface area contributed by atoms with E-state index in [0.717, 1.165) is 0 Å². The van der Waals surface area contributed by atoms with E-state index in [0.29, 0.717) is 5.56 Å². The summed E-state index contributed by atoms with van der Waals surface area (Å²) in [5.41, 5.74) is 0.592. The van der Waals surface area contributed by atoms with Gasteiger partial charge in [0.15, 0.2) is 0 Å². The molecule has 0 bridgehead atoms. The Morgan fingerprint density at radius 3 is 2.85 bits per heavy atom. The predicted molar refractivity (Wildman–Crippen MR) is 50.4 cm³/mol. The molecule has 0 spiro atoms. The van der Waals surface area contributed by atoms with E-state index in [-0.39, 0.29) is 5.69 Å². The van der Waals surface area contributed by atoms with Crippen molar-refractivity contribution in [2.45, 2.75) is 4.83 Å². The maximum Gasteiger partial charge on any atom is 0.269 e. The van der Waals surface area contributed by atoms with Crippen LogP contribution in [-0.4, -0.2) is 4.92 Å². The van der Waals surface area contributed by atoms with Crippen LogP contribution in [0.25, 0.3) is 0 Å². The summed E-state index contributed by atoms with van der Waals surface area (Å²) in [6, 6.07) is 7.93. The fraction of sp³-hybridized carbons (Fsp3) is 0.125. The minimum Gasteiger partial charge on any atom is -0.258 e. The molecule has 1 rings (SSSR count). The minimum atomic E-state index is -0.493. The molecule has 1 unspecified atom stereocenters. The molecule has 5 heteroatoms. The van der Waals surface area contributed by atoms with E-state index in [9.17, 15) is 10.1 Å². The van der Waals surface area contributed by atoms with Gasteiger partial charge in [-0.2, -0.15) is 5.26 Å². The molecule has 4 nitrogen and oxygen atoms in total. The van der Waals surface area contributed by atoms with Crippen molar-refractivity contribution >= 4 is 21.6 Å². The lowest BCUT2D eigenvalue weighted by Crippen LogP contribution is -1.91. The fourth-order valence-corrected chi connectivity index (χ4v) is 1.16. The summed E-state index contributed by atoms with van der Waals surface area (Å²) >= 11 is 3.08. The largest absolute Gasteiger partial charge is 0.269 e. The lowest BCUT2D eigenvalue weighted by Gasteiger charge is -1.99. The maximum absolute atomic E-state index is 10.4. The highest BCUT2D eigenvalue weighted by Gasteiger charge is 2.10. The molecule has 1 aromatic carbocycles. The second kappa shape index (κ2) is 4.01. The number of alkyl halides is 1. The zero-order valence-electron chi connectivity index (χ0n) is 6.48. The van der Waals surface area contributed by atoms with E-state index in [4.69, 9.17) is 5.26 Å². The number of nitriles is 1. The van der Waals surface area contributed by atoms with Gasteiger partial charge in [0.1, 0.15) is 4.83 Å². The first-order valence-corrected chi connectivity index (χ1v) is 4.34. The smallest absolute Gasteiger partial charge is 0.258 e. The number of hydrogen-bond donors (Lipinski definition) is 0. The highest BCUT2D eigenvalue weighted by molar-refractivity contribution is 9.09.